The summed E-state index contributed by atoms with van der Waals surface area (Å²) in [5.41, 5.74) is 0.370. The van der Waals surface area contributed by atoms with Crippen molar-refractivity contribution in [2.45, 2.75) is 5.16 Å². The van der Waals surface area contributed by atoms with Gasteiger partial charge in [0.1, 0.15) is 5.82 Å². The maximum atomic E-state index is 13.1. The third-order valence-corrected chi connectivity index (χ3v) is 3.68. The molecule has 0 radical (unpaired) electrons. The molecular weight excluding hydrogens is 314 g/mol. The van der Waals surface area contributed by atoms with Gasteiger partial charge in [-0.2, -0.15) is 0 Å². The molecule has 0 fully saturated rings. The number of carboxylic acid groups (broad SMARTS) is 1. The smallest absolute Gasteiger partial charge is 0.313 e. The van der Waals surface area contributed by atoms with Gasteiger partial charge in [0.2, 0.25) is 0 Å². The molecule has 1 aromatic carbocycles. The van der Waals surface area contributed by atoms with E-state index in [9.17, 15) is 9.18 Å². The van der Waals surface area contributed by atoms with Crippen LogP contribution in [-0.2, 0) is 4.79 Å². The average molecular weight is 321 g/mol. The van der Waals surface area contributed by atoms with Crippen molar-refractivity contribution in [3.8, 4) is 5.69 Å². The van der Waals surface area contributed by atoms with Gasteiger partial charge in [0.05, 0.1) is 21.5 Å². The Morgan fingerprint density at radius 2 is 2.05 bits per heavy atom. The minimum absolute atomic E-state index is 0.125. The van der Waals surface area contributed by atoms with E-state index in [1.165, 1.54) is 10.8 Å². The number of hydrogen-bond acceptors (Lipinski definition) is 3. The Morgan fingerprint density at radius 1 is 1.42 bits per heavy atom. The Morgan fingerprint density at radius 3 is 2.63 bits per heavy atom. The van der Waals surface area contributed by atoms with Crippen LogP contribution in [0.15, 0.2) is 29.7 Å². The number of aliphatic carboxylic acids is 1. The molecule has 19 heavy (non-hydrogen) atoms. The molecule has 0 bridgehead atoms. The summed E-state index contributed by atoms with van der Waals surface area (Å²) in [5.74, 6) is -1.65. The van der Waals surface area contributed by atoms with E-state index in [2.05, 4.69) is 4.98 Å². The summed E-state index contributed by atoms with van der Waals surface area (Å²) in [4.78, 5) is 14.6. The average Bonchev–Trinajstić information content (AvgIpc) is 2.73. The summed E-state index contributed by atoms with van der Waals surface area (Å²) in [6, 6.07) is 2.27. The summed E-state index contributed by atoms with van der Waals surface area (Å²) in [6.07, 6.45) is 3.06. The number of benzene rings is 1. The first-order valence-corrected chi connectivity index (χ1v) is 6.76. The second-order valence-corrected chi connectivity index (χ2v) is 5.24. The van der Waals surface area contributed by atoms with E-state index in [-0.39, 0.29) is 15.8 Å². The zero-order valence-corrected chi connectivity index (χ0v) is 11.6. The minimum atomic E-state index is -0.962. The second kappa shape index (κ2) is 5.81. The van der Waals surface area contributed by atoms with Crippen molar-refractivity contribution in [1.29, 1.82) is 0 Å². The molecule has 2 aromatic rings. The molecule has 8 heteroatoms. The van der Waals surface area contributed by atoms with Crippen LogP contribution in [0.4, 0.5) is 4.39 Å². The van der Waals surface area contributed by atoms with Gasteiger partial charge in [-0.3, -0.25) is 9.36 Å². The van der Waals surface area contributed by atoms with Crippen molar-refractivity contribution >= 4 is 40.9 Å². The number of halogens is 3. The number of aromatic nitrogens is 2. The van der Waals surface area contributed by atoms with Crippen LogP contribution in [0.2, 0.25) is 10.0 Å². The van der Waals surface area contributed by atoms with Gasteiger partial charge < -0.3 is 5.11 Å². The van der Waals surface area contributed by atoms with Crippen molar-refractivity contribution in [2.24, 2.45) is 0 Å². The fourth-order valence-corrected chi connectivity index (χ4v) is 2.78. The standard InChI is InChI=1S/C11H7Cl2FN2O2S/c12-7-3-6(14)4-8(13)10(7)16-2-1-15-11(16)19-5-9(17)18/h1-4H,5H2,(H,17,18). The first kappa shape index (κ1) is 14.2. The first-order chi connectivity index (χ1) is 8.99. The number of thioether (sulfide) groups is 1. The monoisotopic (exact) mass is 320 g/mol. The molecule has 1 heterocycles. The van der Waals surface area contributed by atoms with Crippen LogP contribution < -0.4 is 0 Å². The van der Waals surface area contributed by atoms with Gasteiger partial charge in [-0.25, -0.2) is 9.37 Å². The van der Waals surface area contributed by atoms with Crippen molar-refractivity contribution in [2.75, 3.05) is 5.75 Å². The lowest BCUT2D eigenvalue weighted by Gasteiger charge is -2.11. The molecule has 2 rings (SSSR count). The fourth-order valence-electron chi connectivity index (χ4n) is 1.46. The molecule has 4 nitrogen and oxygen atoms in total. The van der Waals surface area contributed by atoms with E-state index in [0.29, 0.717) is 10.8 Å². The van der Waals surface area contributed by atoms with E-state index in [1.54, 1.807) is 6.20 Å². The fraction of sp³-hybridized carbons (Fsp3) is 0.0909. The SMILES string of the molecule is O=C(O)CSc1nccn1-c1c(Cl)cc(F)cc1Cl. The lowest BCUT2D eigenvalue weighted by molar-refractivity contribution is -0.133. The Bertz CT molecular complexity index is 610. The maximum Gasteiger partial charge on any atom is 0.313 e. The Kier molecular flexibility index (Phi) is 4.34. The molecule has 0 unspecified atom stereocenters. The van der Waals surface area contributed by atoms with Gasteiger partial charge in [0, 0.05) is 12.4 Å². The van der Waals surface area contributed by atoms with Gasteiger partial charge in [-0.15, -0.1) is 0 Å². The van der Waals surface area contributed by atoms with Crippen molar-refractivity contribution in [3.63, 3.8) is 0 Å². The van der Waals surface area contributed by atoms with Gasteiger partial charge in [-0.1, -0.05) is 35.0 Å². The highest BCUT2D eigenvalue weighted by molar-refractivity contribution is 7.99. The third kappa shape index (κ3) is 3.20. The molecule has 0 aliphatic carbocycles. The van der Waals surface area contributed by atoms with Crippen molar-refractivity contribution in [3.05, 3.63) is 40.4 Å². The molecule has 0 aliphatic heterocycles. The summed E-state index contributed by atoms with van der Waals surface area (Å²) in [7, 11) is 0. The van der Waals surface area contributed by atoms with E-state index < -0.39 is 11.8 Å². The Labute approximate surface area is 122 Å². The molecule has 0 aliphatic rings. The van der Waals surface area contributed by atoms with E-state index >= 15 is 0 Å². The Hall–Kier alpha value is -1.24. The normalized spacial score (nSPS) is 10.7. The highest BCUT2D eigenvalue weighted by Gasteiger charge is 2.15. The summed E-state index contributed by atoms with van der Waals surface area (Å²) in [5, 5.41) is 9.32. The molecule has 0 saturated carbocycles. The number of hydrogen-bond donors (Lipinski definition) is 1. The number of carboxylic acids is 1. The Balaban J connectivity index is 2.43. The maximum absolute atomic E-state index is 13.1. The predicted octanol–water partition coefficient (Wildman–Crippen LogP) is 3.49. The van der Waals surface area contributed by atoms with Crippen LogP contribution in [-0.4, -0.2) is 26.4 Å². The van der Waals surface area contributed by atoms with Crippen molar-refractivity contribution < 1.29 is 14.3 Å². The van der Waals surface area contributed by atoms with Crippen LogP contribution in [0.1, 0.15) is 0 Å². The van der Waals surface area contributed by atoms with Gasteiger partial charge in [-0.05, 0) is 12.1 Å². The predicted molar refractivity (Wildman–Crippen MR) is 71.9 cm³/mol. The number of nitrogens with zero attached hydrogens (tertiary/aromatic N) is 2. The van der Waals surface area contributed by atoms with E-state index in [4.69, 9.17) is 28.3 Å². The number of imidazole rings is 1. The lowest BCUT2D eigenvalue weighted by atomic mass is 10.3. The van der Waals surface area contributed by atoms with Gasteiger partial charge >= 0.3 is 5.97 Å². The highest BCUT2D eigenvalue weighted by Crippen LogP contribution is 2.32. The highest BCUT2D eigenvalue weighted by atomic mass is 35.5. The van der Waals surface area contributed by atoms with Crippen LogP contribution in [0, 0.1) is 5.82 Å². The summed E-state index contributed by atoms with van der Waals surface area (Å²) >= 11 is 12.9. The molecule has 0 saturated heterocycles. The zero-order valence-electron chi connectivity index (χ0n) is 9.31. The minimum Gasteiger partial charge on any atom is -0.481 e. The molecule has 100 valence electrons. The van der Waals surface area contributed by atoms with Crippen LogP contribution >= 0.6 is 35.0 Å². The molecular formula is C11H7Cl2FN2O2S. The van der Waals surface area contributed by atoms with Crippen LogP contribution in [0.25, 0.3) is 5.69 Å². The lowest BCUT2D eigenvalue weighted by Crippen LogP contribution is -2.02. The van der Waals surface area contributed by atoms with Crippen LogP contribution in [0.3, 0.4) is 0 Å². The van der Waals surface area contributed by atoms with E-state index in [1.807, 2.05) is 0 Å². The van der Waals surface area contributed by atoms with Gasteiger partial charge in [0.15, 0.2) is 5.16 Å². The zero-order chi connectivity index (χ0) is 14.0. The molecule has 0 amide bonds. The molecule has 1 N–H and O–H groups in total. The van der Waals surface area contributed by atoms with Crippen LogP contribution in [0.5, 0.6) is 0 Å². The second-order valence-electron chi connectivity index (χ2n) is 3.48. The van der Waals surface area contributed by atoms with Gasteiger partial charge in [0.25, 0.3) is 0 Å². The molecule has 0 spiro atoms. The molecule has 0 atom stereocenters. The third-order valence-electron chi connectivity index (χ3n) is 2.15. The summed E-state index contributed by atoms with van der Waals surface area (Å²) in [6.45, 7) is 0. The quantitative estimate of drug-likeness (QED) is 0.876. The van der Waals surface area contributed by atoms with Crippen molar-refractivity contribution in [1.82, 2.24) is 9.55 Å². The molecule has 1 aromatic heterocycles. The topological polar surface area (TPSA) is 55.1 Å². The summed E-state index contributed by atoms with van der Waals surface area (Å²) < 4.78 is 14.7. The first-order valence-electron chi connectivity index (χ1n) is 5.02. The number of carbonyl (C=O) groups is 1. The van der Waals surface area contributed by atoms with E-state index in [0.717, 1.165) is 23.9 Å². The largest absolute Gasteiger partial charge is 0.481 e. The number of rotatable bonds is 4.